The second-order valence-corrected chi connectivity index (χ2v) is 4.78. The molecule has 0 atom stereocenters. The number of rotatable bonds is 3. The quantitative estimate of drug-likeness (QED) is 0.883. The Hall–Kier alpha value is -2.18. The Morgan fingerprint density at radius 2 is 2.10 bits per heavy atom. The van der Waals surface area contributed by atoms with Crippen LogP contribution in [0.15, 0.2) is 30.3 Å². The highest BCUT2D eigenvalue weighted by molar-refractivity contribution is 6.28. The molecule has 0 aliphatic carbocycles. The Labute approximate surface area is 126 Å². The van der Waals surface area contributed by atoms with Crippen molar-refractivity contribution in [3.05, 3.63) is 52.4 Å². The number of hydrogen-bond donors (Lipinski definition) is 1. The summed E-state index contributed by atoms with van der Waals surface area (Å²) in [5.74, 6) is 0.334. The highest BCUT2D eigenvalue weighted by atomic mass is 35.5. The largest absolute Gasteiger partial charge is 0.444 e. The standard InChI is InChI=1S/C14H12ClN3O3/c15-13-16-11-8-20-7-10(11)12(17-13)18-14(19)21-6-9-4-2-1-3-5-9/h1-5H,6-8H2,(H,16,17,18,19). The minimum Gasteiger partial charge on any atom is -0.444 e. The molecule has 0 radical (unpaired) electrons. The van der Waals surface area contributed by atoms with Gasteiger partial charge in [0.1, 0.15) is 12.4 Å². The summed E-state index contributed by atoms with van der Waals surface area (Å²) < 4.78 is 10.4. The average molecular weight is 306 g/mol. The van der Waals surface area contributed by atoms with Gasteiger partial charge in [0.25, 0.3) is 0 Å². The maximum Gasteiger partial charge on any atom is 0.413 e. The summed E-state index contributed by atoms with van der Waals surface area (Å²) in [5.41, 5.74) is 2.33. The van der Waals surface area contributed by atoms with Gasteiger partial charge in [0.15, 0.2) is 0 Å². The summed E-state index contributed by atoms with van der Waals surface area (Å²) in [6.45, 7) is 0.899. The molecule has 1 aromatic carbocycles. The molecule has 21 heavy (non-hydrogen) atoms. The van der Waals surface area contributed by atoms with Gasteiger partial charge in [0.2, 0.25) is 5.28 Å². The first kappa shape index (κ1) is 13.8. The number of carbonyl (C=O) groups is 1. The van der Waals surface area contributed by atoms with Crippen molar-refractivity contribution in [2.75, 3.05) is 5.32 Å². The van der Waals surface area contributed by atoms with Crippen LogP contribution in [0.3, 0.4) is 0 Å². The lowest BCUT2D eigenvalue weighted by atomic mass is 10.2. The molecular weight excluding hydrogens is 294 g/mol. The minimum atomic E-state index is -0.595. The summed E-state index contributed by atoms with van der Waals surface area (Å²) in [6, 6.07) is 9.41. The van der Waals surface area contributed by atoms with Crippen molar-refractivity contribution >= 4 is 23.5 Å². The zero-order valence-corrected chi connectivity index (χ0v) is 11.8. The molecule has 6 nitrogen and oxygen atoms in total. The molecule has 0 unspecified atom stereocenters. The molecule has 1 aliphatic heterocycles. The van der Waals surface area contributed by atoms with E-state index in [4.69, 9.17) is 21.1 Å². The van der Waals surface area contributed by atoms with E-state index in [9.17, 15) is 4.79 Å². The third-order valence-electron chi connectivity index (χ3n) is 2.98. The number of halogens is 1. The van der Waals surface area contributed by atoms with Crippen LogP contribution in [0.2, 0.25) is 5.28 Å². The molecule has 0 bridgehead atoms. The molecule has 0 saturated heterocycles. The average Bonchev–Trinajstić information content (AvgIpc) is 2.94. The van der Waals surface area contributed by atoms with E-state index in [1.807, 2.05) is 30.3 Å². The summed E-state index contributed by atoms with van der Waals surface area (Å²) in [6.07, 6.45) is -0.595. The van der Waals surface area contributed by atoms with Crippen LogP contribution in [0.1, 0.15) is 16.8 Å². The van der Waals surface area contributed by atoms with Crippen LogP contribution in [-0.4, -0.2) is 16.1 Å². The Balaban J connectivity index is 1.65. The zero-order chi connectivity index (χ0) is 14.7. The van der Waals surface area contributed by atoms with E-state index in [1.165, 1.54) is 0 Å². The lowest BCUT2D eigenvalue weighted by Gasteiger charge is -2.09. The van der Waals surface area contributed by atoms with Gasteiger partial charge in [-0.2, -0.15) is 4.98 Å². The van der Waals surface area contributed by atoms with Crippen LogP contribution in [0.5, 0.6) is 0 Å². The lowest BCUT2D eigenvalue weighted by Crippen LogP contribution is -2.16. The second kappa shape index (κ2) is 6.07. The van der Waals surface area contributed by atoms with Gasteiger partial charge < -0.3 is 9.47 Å². The van der Waals surface area contributed by atoms with Crippen LogP contribution in [0, 0.1) is 0 Å². The van der Waals surface area contributed by atoms with E-state index in [0.29, 0.717) is 24.7 Å². The molecule has 1 amide bonds. The van der Waals surface area contributed by atoms with E-state index >= 15 is 0 Å². The number of fused-ring (bicyclic) bond motifs is 1. The van der Waals surface area contributed by atoms with Crippen molar-refractivity contribution in [1.82, 2.24) is 9.97 Å². The van der Waals surface area contributed by atoms with E-state index in [1.54, 1.807) is 0 Å². The van der Waals surface area contributed by atoms with Gasteiger partial charge in [-0.15, -0.1) is 0 Å². The first-order valence-corrected chi connectivity index (χ1v) is 6.71. The monoisotopic (exact) mass is 305 g/mol. The second-order valence-electron chi connectivity index (χ2n) is 4.45. The molecule has 2 heterocycles. The number of anilines is 1. The predicted molar refractivity (Wildman–Crippen MR) is 75.8 cm³/mol. The van der Waals surface area contributed by atoms with Gasteiger partial charge in [-0.3, -0.25) is 5.32 Å². The highest BCUT2D eigenvalue weighted by Gasteiger charge is 2.21. The van der Waals surface area contributed by atoms with E-state index in [2.05, 4.69) is 15.3 Å². The molecule has 0 fully saturated rings. The molecule has 108 valence electrons. The van der Waals surface area contributed by atoms with Crippen molar-refractivity contribution in [3.8, 4) is 0 Å². The number of carbonyl (C=O) groups excluding carboxylic acids is 1. The number of aromatic nitrogens is 2. The fraction of sp³-hybridized carbons (Fsp3) is 0.214. The van der Waals surface area contributed by atoms with Crippen LogP contribution in [0.4, 0.5) is 10.6 Å². The molecule has 1 N–H and O–H groups in total. The van der Waals surface area contributed by atoms with Gasteiger partial charge in [-0.1, -0.05) is 30.3 Å². The van der Waals surface area contributed by atoms with Crippen molar-refractivity contribution in [2.45, 2.75) is 19.8 Å². The normalized spacial score (nSPS) is 12.8. The van der Waals surface area contributed by atoms with Crippen molar-refractivity contribution in [1.29, 1.82) is 0 Å². The van der Waals surface area contributed by atoms with Gasteiger partial charge in [0, 0.05) is 5.56 Å². The number of benzene rings is 1. The number of nitrogens with one attached hydrogen (secondary N) is 1. The molecule has 0 saturated carbocycles. The van der Waals surface area contributed by atoms with Gasteiger partial charge in [-0.05, 0) is 17.2 Å². The topological polar surface area (TPSA) is 73.3 Å². The molecule has 0 spiro atoms. The van der Waals surface area contributed by atoms with Crippen LogP contribution < -0.4 is 5.32 Å². The first-order valence-electron chi connectivity index (χ1n) is 6.33. The van der Waals surface area contributed by atoms with Gasteiger partial charge in [0.05, 0.1) is 18.9 Å². The molecule has 1 aromatic heterocycles. The van der Waals surface area contributed by atoms with E-state index < -0.39 is 6.09 Å². The Bertz CT molecular complexity index is 664. The SMILES string of the molecule is O=C(Nc1nc(Cl)nc2c1COC2)OCc1ccccc1. The Kier molecular flexibility index (Phi) is 3.98. The van der Waals surface area contributed by atoms with E-state index in [0.717, 1.165) is 11.1 Å². The maximum atomic E-state index is 11.8. The van der Waals surface area contributed by atoms with Crippen LogP contribution in [0.25, 0.3) is 0 Å². The van der Waals surface area contributed by atoms with Crippen molar-refractivity contribution in [2.24, 2.45) is 0 Å². The molecule has 2 aromatic rings. The Morgan fingerprint density at radius 3 is 2.90 bits per heavy atom. The Morgan fingerprint density at radius 1 is 1.29 bits per heavy atom. The lowest BCUT2D eigenvalue weighted by molar-refractivity contribution is 0.133. The fourth-order valence-electron chi connectivity index (χ4n) is 1.98. The smallest absolute Gasteiger partial charge is 0.413 e. The predicted octanol–water partition coefficient (Wildman–Crippen LogP) is 2.91. The summed E-state index contributed by atoms with van der Waals surface area (Å²) in [7, 11) is 0. The van der Waals surface area contributed by atoms with Crippen LogP contribution in [-0.2, 0) is 29.3 Å². The number of amides is 1. The molecule has 7 heteroatoms. The minimum absolute atomic E-state index is 0.0672. The number of ether oxygens (including phenoxy) is 2. The van der Waals surface area contributed by atoms with Crippen molar-refractivity contribution in [3.63, 3.8) is 0 Å². The summed E-state index contributed by atoms with van der Waals surface area (Å²) in [5, 5.41) is 2.64. The molecule has 3 rings (SSSR count). The maximum absolute atomic E-state index is 11.8. The van der Waals surface area contributed by atoms with Gasteiger partial charge >= 0.3 is 6.09 Å². The third kappa shape index (κ3) is 3.29. The zero-order valence-electron chi connectivity index (χ0n) is 11.0. The number of hydrogen-bond acceptors (Lipinski definition) is 5. The first-order chi connectivity index (χ1) is 10.2. The highest BCUT2D eigenvalue weighted by Crippen LogP contribution is 2.25. The molecule has 1 aliphatic rings. The summed E-state index contributed by atoms with van der Waals surface area (Å²) >= 11 is 5.82. The molecular formula is C14H12ClN3O3. The van der Waals surface area contributed by atoms with Crippen LogP contribution >= 0.6 is 11.6 Å². The van der Waals surface area contributed by atoms with Gasteiger partial charge in [-0.25, -0.2) is 9.78 Å². The third-order valence-corrected chi connectivity index (χ3v) is 3.15. The number of nitrogens with zero attached hydrogens (tertiary/aromatic N) is 2. The summed E-state index contributed by atoms with van der Waals surface area (Å²) in [4.78, 5) is 19.9. The van der Waals surface area contributed by atoms with Crippen molar-refractivity contribution < 1.29 is 14.3 Å². The fourth-order valence-corrected chi connectivity index (χ4v) is 2.17. The van der Waals surface area contributed by atoms with E-state index in [-0.39, 0.29) is 11.9 Å².